The summed E-state index contributed by atoms with van der Waals surface area (Å²) in [4.78, 5) is 1.79. The number of anilines is 1. The molecule has 0 aliphatic carbocycles. The van der Waals surface area contributed by atoms with E-state index in [2.05, 4.69) is 0 Å². The first kappa shape index (κ1) is 15.1. The summed E-state index contributed by atoms with van der Waals surface area (Å²) >= 11 is 4.71. The third kappa shape index (κ3) is 3.06. The highest BCUT2D eigenvalue weighted by atomic mass is 32.1. The quantitative estimate of drug-likeness (QED) is 0.844. The molecule has 0 bridgehead atoms. The van der Waals surface area contributed by atoms with Crippen LogP contribution in [-0.2, 0) is 6.18 Å². The predicted molar refractivity (Wildman–Crippen MR) is 78.0 cm³/mol. The van der Waals surface area contributed by atoms with Crippen molar-refractivity contribution in [1.29, 1.82) is 0 Å². The molecule has 1 aliphatic rings. The van der Waals surface area contributed by atoms with E-state index >= 15 is 0 Å². The maximum absolute atomic E-state index is 13.1. The number of benzene rings is 1. The minimum absolute atomic E-state index is 0.110. The molecule has 2 rings (SSSR count). The Morgan fingerprint density at radius 3 is 2.60 bits per heavy atom. The van der Waals surface area contributed by atoms with Crippen LogP contribution < -0.4 is 10.6 Å². The SMILES string of the molecule is CC1CCCCN1c1ccc(C(N)=S)c(C(F)(F)F)c1. The van der Waals surface area contributed by atoms with Gasteiger partial charge in [-0.15, -0.1) is 0 Å². The van der Waals surface area contributed by atoms with Crippen LogP contribution in [-0.4, -0.2) is 17.6 Å². The molecule has 6 heteroatoms. The Balaban J connectivity index is 2.44. The van der Waals surface area contributed by atoms with Gasteiger partial charge < -0.3 is 10.6 Å². The highest BCUT2D eigenvalue weighted by molar-refractivity contribution is 7.80. The van der Waals surface area contributed by atoms with Crippen molar-refractivity contribution in [1.82, 2.24) is 0 Å². The second kappa shape index (κ2) is 5.60. The summed E-state index contributed by atoms with van der Waals surface area (Å²) in [6.45, 7) is 2.82. The highest BCUT2D eigenvalue weighted by Gasteiger charge is 2.35. The summed E-state index contributed by atoms with van der Waals surface area (Å²) in [6, 6.07) is 4.46. The van der Waals surface area contributed by atoms with Crippen molar-refractivity contribution >= 4 is 22.9 Å². The molecule has 0 saturated carbocycles. The second-order valence-corrected chi connectivity index (χ2v) is 5.57. The number of hydrogen-bond donors (Lipinski definition) is 1. The standard InChI is InChI=1S/C14H17F3N2S/c1-9-4-2-3-7-19(9)10-5-6-11(13(18)20)12(8-10)14(15,16)17/h5-6,8-9H,2-4,7H2,1H3,(H2,18,20). The van der Waals surface area contributed by atoms with Gasteiger partial charge in [-0.2, -0.15) is 13.2 Å². The fourth-order valence-electron chi connectivity index (χ4n) is 2.64. The fraction of sp³-hybridized carbons (Fsp3) is 0.500. The Kier molecular flexibility index (Phi) is 4.22. The molecule has 1 atom stereocenters. The van der Waals surface area contributed by atoms with Gasteiger partial charge in [0.2, 0.25) is 0 Å². The molecule has 2 nitrogen and oxygen atoms in total. The topological polar surface area (TPSA) is 29.3 Å². The molecule has 0 aromatic heterocycles. The second-order valence-electron chi connectivity index (χ2n) is 5.13. The maximum atomic E-state index is 13.1. The fourth-order valence-corrected chi connectivity index (χ4v) is 2.82. The molecule has 1 aromatic carbocycles. The van der Waals surface area contributed by atoms with Crippen LogP contribution in [0.2, 0.25) is 0 Å². The molecule has 1 aliphatic heterocycles. The zero-order valence-electron chi connectivity index (χ0n) is 11.2. The van der Waals surface area contributed by atoms with E-state index in [0.29, 0.717) is 5.69 Å². The number of hydrogen-bond acceptors (Lipinski definition) is 2. The third-order valence-corrected chi connectivity index (χ3v) is 3.93. The average molecular weight is 302 g/mol. The lowest BCUT2D eigenvalue weighted by molar-refractivity contribution is -0.137. The van der Waals surface area contributed by atoms with Gasteiger partial charge in [0, 0.05) is 23.8 Å². The van der Waals surface area contributed by atoms with Gasteiger partial charge in [0.05, 0.1) is 5.56 Å². The third-order valence-electron chi connectivity index (χ3n) is 3.71. The summed E-state index contributed by atoms with van der Waals surface area (Å²) in [7, 11) is 0. The lowest BCUT2D eigenvalue weighted by Crippen LogP contribution is -2.37. The van der Waals surface area contributed by atoms with E-state index in [0.717, 1.165) is 31.9 Å². The van der Waals surface area contributed by atoms with E-state index in [-0.39, 0.29) is 16.6 Å². The molecular formula is C14H17F3N2S. The van der Waals surface area contributed by atoms with Gasteiger partial charge >= 0.3 is 6.18 Å². The van der Waals surface area contributed by atoms with E-state index in [4.69, 9.17) is 18.0 Å². The Labute approximate surface area is 121 Å². The van der Waals surface area contributed by atoms with Crippen molar-refractivity contribution < 1.29 is 13.2 Å². The zero-order valence-corrected chi connectivity index (χ0v) is 12.0. The number of piperidine rings is 1. The van der Waals surface area contributed by atoms with Crippen LogP contribution in [0.25, 0.3) is 0 Å². The number of rotatable bonds is 2. The lowest BCUT2D eigenvalue weighted by atomic mass is 10.0. The minimum Gasteiger partial charge on any atom is -0.389 e. The number of nitrogens with zero attached hydrogens (tertiary/aromatic N) is 1. The first-order chi connectivity index (χ1) is 9.30. The summed E-state index contributed by atoms with van der Waals surface area (Å²) in [5.41, 5.74) is 5.11. The van der Waals surface area contributed by atoms with Crippen molar-refractivity contribution in [3.05, 3.63) is 29.3 Å². The summed E-state index contributed by atoms with van der Waals surface area (Å²) in [5, 5.41) is 0. The molecule has 20 heavy (non-hydrogen) atoms. The smallest absolute Gasteiger partial charge is 0.389 e. The maximum Gasteiger partial charge on any atom is 0.417 e. The van der Waals surface area contributed by atoms with Crippen LogP contribution in [0.4, 0.5) is 18.9 Å². The molecule has 110 valence electrons. The van der Waals surface area contributed by atoms with E-state index in [1.54, 1.807) is 6.07 Å². The molecule has 2 N–H and O–H groups in total. The molecule has 1 fully saturated rings. The minimum atomic E-state index is -4.45. The van der Waals surface area contributed by atoms with Crippen molar-refractivity contribution in [2.45, 2.75) is 38.4 Å². The van der Waals surface area contributed by atoms with Gasteiger partial charge in [-0.25, -0.2) is 0 Å². The molecule has 1 unspecified atom stereocenters. The van der Waals surface area contributed by atoms with Crippen LogP contribution in [0.15, 0.2) is 18.2 Å². The van der Waals surface area contributed by atoms with E-state index < -0.39 is 11.7 Å². The van der Waals surface area contributed by atoms with Crippen molar-refractivity contribution in [3.8, 4) is 0 Å². The molecular weight excluding hydrogens is 285 g/mol. The summed E-state index contributed by atoms with van der Waals surface area (Å²) < 4.78 is 39.4. The number of alkyl halides is 3. The van der Waals surface area contributed by atoms with Crippen LogP contribution in [0.3, 0.4) is 0 Å². The number of halogens is 3. The van der Waals surface area contributed by atoms with Gasteiger partial charge in [-0.1, -0.05) is 12.2 Å². The first-order valence-corrected chi connectivity index (χ1v) is 6.99. The summed E-state index contributed by atoms with van der Waals surface area (Å²) in [5.74, 6) is 0. The lowest BCUT2D eigenvalue weighted by Gasteiger charge is -2.36. The van der Waals surface area contributed by atoms with Crippen LogP contribution >= 0.6 is 12.2 Å². The van der Waals surface area contributed by atoms with Crippen LogP contribution in [0, 0.1) is 0 Å². The zero-order chi connectivity index (χ0) is 14.9. The van der Waals surface area contributed by atoms with E-state index in [9.17, 15) is 13.2 Å². The average Bonchev–Trinajstić information content (AvgIpc) is 2.37. The largest absolute Gasteiger partial charge is 0.417 e. The van der Waals surface area contributed by atoms with E-state index in [1.165, 1.54) is 6.07 Å². The Bertz CT molecular complexity index is 514. The molecule has 0 spiro atoms. The predicted octanol–water partition coefficient (Wildman–Crippen LogP) is 3.72. The van der Waals surface area contributed by atoms with Gasteiger partial charge in [-0.3, -0.25) is 0 Å². The van der Waals surface area contributed by atoms with Gasteiger partial charge in [0.1, 0.15) is 4.99 Å². The van der Waals surface area contributed by atoms with Gasteiger partial charge in [-0.05, 0) is 44.4 Å². The summed E-state index contributed by atoms with van der Waals surface area (Å²) in [6.07, 6.45) is -1.33. The number of thiocarbonyl (C=S) groups is 1. The van der Waals surface area contributed by atoms with E-state index in [1.807, 2.05) is 11.8 Å². The van der Waals surface area contributed by atoms with Crippen LogP contribution in [0.1, 0.15) is 37.3 Å². The highest BCUT2D eigenvalue weighted by Crippen LogP contribution is 2.36. The van der Waals surface area contributed by atoms with Crippen molar-refractivity contribution in [2.75, 3.05) is 11.4 Å². The number of nitrogens with two attached hydrogens (primary N) is 1. The molecule has 0 amide bonds. The first-order valence-electron chi connectivity index (χ1n) is 6.58. The monoisotopic (exact) mass is 302 g/mol. The molecule has 1 saturated heterocycles. The van der Waals surface area contributed by atoms with Gasteiger partial charge in [0.15, 0.2) is 0 Å². The Morgan fingerprint density at radius 2 is 2.05 bits per heavy atom. The molecule has 1 aromatic rings. The Morgan fingerprint density at radius 1 is 1.35 bits per heavy atom. The van der Waals surface area contributed by atoms with Crippen molar-refractivity contribution in [2.24, 2.45) is 5.73 Å². The Hall–Kier alpha value is -1.30. The molecule has 1 heterocycles. The normalized spacial score (nSPS) is 20.0. The molecule has 0 radical (unpaired) electrons. The van der Waals surface area contributed by atoms with Crippen LogP contribution in [0.5, 0.6) is 0 Å². The van der Waals surface area contributed by atoms with Crippen molar-refractivity contribution in [3.63, 3.8) is 0 Å². The van der Waals surface area contributed by atoms with Gasteiger partial charge in [0.25, 0.3) is 0 Å².